The van der Waals surface area contributed by atoms with Gasteiger partial charge in [-0.15, -0.1) is 12.3 Å². The topological polar surface area (TPSA) is 35.2 Å². The van der Waals surface area contributed by atoms with Gasteiger partial charge < -0.3 is 10.5 Å². The van der Waals surface area contributed by atoms with E-state index in [2.05, 4.69) is 5.92 Å². The molecule has 2 N–H and O–H groups in total. The molecule has 17 heavy (non-hydrogen) atoms. The number of terminal acetylenes is 1. The Balaban J connectivity index is 2.61. The van der Waals surface area contributed by atoms with Gasteiger partial charge >= 0.3 is 0 Å². The van der Waals surface area contributed by atoms with Crippen LogP contribution in [0.5, 0.6) is 5.75 Å². The normalized spacial score (nSPS) is 12.2. The predicted octanol–water partition coefficient (Wildman–Crippen LogP) is 3.28. The fourth-order valence-corrected chi connectivity index (χ4v) is 1.68. The Morgan fingerprint density at radius 1 is 1.41 bits per heavy atom. The summed E-state index contributed by atoms with van der Waals surface area (Å²) < 4.78 is 5.64. The SMILES string of the molecule is C#CCCCC(N)c1cccc(OC(C)C)c1. The maximum atomic E-state index is 6.11. The lowest BCUT2D eigenvalue weighted by atomic mass is 10.0. The standard InChI is InChI=1S/C15H21NO/c1-4-5-6-10-15(16)13-8-7-9-14(11-13)17-12(2)3/h1,7-9,11-12,15H,5-6,10,16H2,2-3H3. The van der Waals surface area contributed by atoms with E-state index >= 15 is 0 Å². The second-order valence-electron chi connectivity index (χ2n) is 4.44. The number of unbranched alkanes of at least 4 members (excludes halogenated alkanes) is 1. The lowest BCUT2D eigenvalue weighted by Gasteiger charge is -2.14. The molecule has 0 spiro atoms. The minimum Gasteiger partial charge on any atom is -0.491 e. The van der Waals surface area contributed by atoms with Crippen LogP contribution in [-0.4, -0.2) is 6.10 Å². The molecule has 0 bridgehead atoms. The summed E-state index contributed by atoms with van der Waals surface area (Å²) in [5.74, 6) is 3.51. The summed E-state index contributed by atoms with van der Waals surface area (Å²) in [7, 11) is 0. The molecule has 1 rings (SSSR count). The van der Waals surface area contributed by atoms with Crippen molar-refractivity contribution in [1.29, 1.82) is 0 Å². The third-order valence-electron chi connectivity index (χ3n) is 2.49. The number of nitrogens with two attached hydrogens (primary N) is 1. The van der Waals surface area contributed by atoms with Crippen LogP contribution in [0, 0.1) is 12.3 Å². The van der Waals surface area contributed by atoms with Crippen molar-refractivity contribution in [2.45, 2.75) is 45.3 Å². The fraction of sp³-hybridized carbons (Fsp3) is 0.467. The molecule has 0 aliphatic heterocycles. The monoisotopic (exact) mass is 231 g/mol. The summed E-state index contributed by atoms with van der Waals surface area (Å²) >= 11 is 0. The molecule has 1 aromatic carbocycles. The molecular weight excluding hydrogens is 210 g/mol. The molecule has 0 heterocycles. The minimum atomic E-state index is 0.0408. The Morgan fingerprint density at radius 3 is 2.82 bits per heavy atom. The Kier molecular flexibility index (Phi) is 5.59. The van der Waals surface area contributed by atoms with Crippen LogP contribution in [0.4, 0.5) is 0 Å². The second-order valence-corrected chi connectivity index (χ2v) is 4.44. The number of ether oxygens (including phenoxy) is 1. The molecule has 2 heteroatoms. The van der Waals surface area contributed by atoms with Gasteiger partial charge in [-0.3, -0.25) is 0 Å². The first-order valence-corrected chi connectivity index (χ1v) is 6.09. The first kappa shape index (κ1) is 13.6. The number of hydrogen-bond acceptors (Lipinski definition) is 2. The van der Waals surface area contributed by atoms with Crippen molar-refractivity contribution in [1.82, 2.24) is 0 Å². The molecule has 0 radical (unpaired) electrons. The van der Waals surface area contributed by atoms with E-state index < -0.39 is 0 Å². The van der Waals surface area contributed by atoms with Gasteiger partial charge in [-0.1, -0.05) is 12.1 Å². The average Bonchev–Trinajstić information content (AvgIpc) is 2.28. The molecule has 1 atom stereocenters. The van der Waals surface area contributed by atoms with Crippen molar-refractivity contribution in [2.24, 2.45) is 5.73 Å². The zero-order chi connectivity index (χ0) is 12.7. The second kappa shape index (κ2) is 6.98. The molecule has 92 valence electrons. The fourth-order valence-electron chi connectivity index (χ4n) is 1.68. The highest BCUT2D eigenvalue weighted by molar-refractivity contribution is 5.30. The molecule has 0 aromatic heterocycles. The van der Waals surface area contributed by atoms with E-state index in [1.165, 1.54) is 0 Å². The molecule has 0 amide bonds. The van der Waals surface area contributed by atoms with Gasteiger partial charge in [0.25, 0.3) is 0 Å². The Bertz CT molecular complexity index is 379. The van der Waals surface area contributed by atoms with Crippen LogP contribution in [0.3, 0.4) is 0 Å². The Labute approximate surface area is 104 Å². The largest absolute Gasteiger partial charge is 0.491 e. The van der Waals surface area contributed by atoms with Gasteiger partial charge in [0.05, 0.1) is 6.10 Å². The Hall–Kier alpha value is -1.46. The average molecular weight is 231 g/mol. The molecule has 0 saturated carbocycles. The van der Waals surface area contributed by atoms with Crippen molar-refractivity contribution in [2.75, 3.05) is 0 Å². The smallest absolute Gasteiger partial charge is 0.120 e. The van der Waals surface area contributed by atoms with E-state index in [9.17, 15) is 0 Å². The van der Waals surface area contributed by atoms with Crippen molar-refractivity contribution in [3.05, 3.63) is 29.8 Å². The summed E-state index contributed by atoms with van der Waals surface area (Å²) in [6.45, 7) is 4.03. The highest BCUT2D eigenvalue weighted by Gasteiger charge is 2.07. The summed E-state index contributed by atoms with van der Waals surface area (Å²) in [4.78, 5) is 0. The summed E-state index contributed by atoms with van der Waals surface area (Å²) in [5, 5.41) is 0. The third kappa shape index (κ3) is 4.93. The molecule has 0 saturated heterocycles. The van der Waals surface area contributed by atoms with E-state index in [0.29, 0.717) is 0 Å². The van der Waals surface area contributed by atoms with Crippen LogP contribution in [0.15, 0.2) is 24.3 Å². The minimum absolute atomic E-state index is 0.0408. The maximum absolute atomic E-state index is 6.11. The summed E-state index contributed by atoms with van der Waals surface area (Å²) in [5.41, 5.74) is 7.22. The molecule has 0 aliphatic carbocycles. The van der Waals surface area contributed by atoms with Crippen LogP contribution in [-0.2, 0) is 0 Å². The van der Waals surface area contributed by atoms with Crippen molar-refractivity contribution >= 4 is 0 Å². The van der Waals surface area contributed by atoms with E-state index in [-0.39, 0.29) is 12.1 Å². The summed E-state index contributed by atoms with van der Waals surface area (Å²) in [6.07, 6.45) is 8.07. The molecule has 2 nitrogen and oxygen atoms in total. The van der Waals surface area contributed by atoms with E-state index in [1.807, 2.05) is 38.1 Å². The van der Waals surface area contributed by atoms with Gasteiger partial charge in [0, 0.05) is 12.5 Å². The van der Waals surface area contributed by atoms with Crippen LogP contribution in [0.25, 0.3) is 0 Å². The molecule has 0 aliphatic rings. The summed E-state index contributed by atoms with van der Waals surface area (Å²) in [6, 6.07) is 8.03. The van der Waals surface area contributed by atoms with Crippen LogP contribution >= 0.6 is 0 Å². The van der Waals surface area contributed by atoms with Crippen LogP contribution in [0.2, 0.25) is 0 Å². The lowest BCUT2D eigenvalue weighted by Crippen LogP contribution is -2.11. The van der Waals surface area contributed by atoms with Gasteiger partial charge in [-0.05, 0) is 44.4 Å². The highest BCUT2D eigenvalue weighted by Crippen LogP contribution is 2.22. The third-order valence-corrected chi connectivity index (χ3v) is 2.49. The van der Waals surface area contributed by atoms with Gasteiger partial charge in [0.1, 0.15) is 5.75 Å². The zero-order valence-electron chi connectivity index (χ0n) is 10.6. The van der Waals surface area contributed by atoms with Crippen LogP contribution in [0.1, 0.15) is 44.7 Å². The maximum Gasteiger partial charge on any atom is 0.120 e. The molecular formula is C15H21NO. The van der Waals surface area contributed by atoms with Crippen molar-refractivity contribution in [3.8, 4) is 18.1 Å². The molecule has 1 unspecified atom stereocenters. The highest BCUT2D eigenvalue weighted by atomic mass is 16.5. The predicted molar refractivity (Wildman–Crippen MR) is 71.8 cm³/mol. The number of hydrogen-bond donors (Lipinski definition) is 1. The quantitative estimate of drug-likeness (QED) is 0.602. The van der Waals surface area contributed by atoms with Crippen molar-refractivity contribution < 1.29 is 4.74 Å². The number of rotatable bonds is 6. The molecule has 1 aromatic rings. The van der Waals surface area contributed by atoms with E-state index in [1.54, 1.807) is 0 Å². The van der Waals surface area contributed by atoms with Crippen LogP contribution < -0.4 is 10.5 Å². The van der Waals surface area contributed by atoms with Gasteiger partial charge in [-0.25, -0.2) is 0 Å². The first-order chi connectivity index (χ1) is 8.13. The Morgan fingerprint density at radius 2 is 2.18 bits per heavy atom. The van der Waals surface area contributed by atoms with E-state index in [0.717, 1.165) is 30.6 Å². The lowest BCUT2D eigenvalue weighted by molar-refractivity contribution is 0.242. The van der Waals surface area contributed by atoms with Gasteiger partial charge in [-0.2, -0.15) is 0 Å². The van der Waals surface area contributed by atoms with Crippen molar-refractivity contribution in [3.63, 3.8) is 0 Å². The first-order valence-electron chi connectivity index (χ1n) is 6.09. The zero-order valence-corrected chi connectivity index (χ0v) is 10.6. The van der Waals surface area contributed by atoms with Gasteiger partial charge in [0.15, 0.2) is 0 Å². The van der Waals surface area contributed by atoms with Gasteiger partial charge in [0.2, 0.25) is 0 Å². The van der Waals surface area contributed by atoms with E-state index in [4.69, 9.17) is 16.9 Å². The number of benzene rings is 1. The molecule has 0 fully saturated rings.